The lowest BCUT2D eigenvalue weighted by molar-refractivity contribution is -0.864. The van der Waals surface area contributed by atoms with Crippen LogP contribution < -0.4 is 17.0 Å². The van der Waals surface area contributed by atoms with Gasteiger partial charge in [-0.2, -0.15) is 0 Å². The van der Waals surface area contributed by atoms with Gasteiger partial charge in [0.05, 0.1) is 27.7 Å². The van der Waals surface area contributed by atoms with Crippen LogP contribution in [0.5, 0.6) is 0 Å². The van der Waals surface area contributed by atoms with E-state index in [0.29, 0.717) is 0 Å². The molecule has 0 aliphatic rings. The predicted octanol–water partition coefficient (Wildman–Crippen LogP) is 1.39. The molecule has 0 amide bonds. The summed E-state index contributed by atoms with van der Waals surface area (Å²) in [5.74, 6) is 0. The molecule has 0 saturated heterocycles. The molecule has 0 radical (unpaired) electrons. The van der Waals surface area contributed by atoms with Gasteiger partial charge in [0.15, 0.2) is 0 Å². The maximum absolute atomic E-state index is 2.36. The summed E-state index contributed by atoms with van der Waals surface area (Å²) in [5.41, 5.74) is 0. The molecule has 0 aromatic heterocycles. The first-order chi connectivity index (χ1) is 7.56. The fraction of sp³-hybridized carbons (Fsp3) is 0.867. The Bertz CT molecular complexity index is 170. The van der Waals surface area contributed by atoms with Crippen LogP contribution in [0.3, 0.4) is 0 Å². The predicted molar refractivity (Wildman–Crippen MR) is 74.6 cm³/mol. The molecule has 0 saturated carbocycles. The quantitative estimate of drug-likeness (QED) is 0.325. The number of quaternary nitrogens is 1. The summed E-state index contributed by atoms with van der Waals surface area (Å²) < 4.78 is 1.04. The van der Waals surface area contributed by atoms with Crippen molar-refractivity contribution in [2.45, 2.75) is 58.3 Å². The number of halogens is 1. The van der Waals surface area contributed by atoms with Gasteiger partial charge < -0.3 is 21.5 Å². The van der Waals surface area contributed by atoms with Crippen LogP contribution in [0.4, 0.5) is 0 Å². The SMILES string of the molecule is CCCCCCCCCC=CC[N+](C)(C)C.[Br-]. The van der Waals surface area contributed by atoms with E-state index in [1.807, 2.05) is 0 Å². The van der Waals surface area contributed by atoms with E-state index < -0.39 is 0 Å². The van der Waals surface area contributed by atoms with Crippen molar-refractivity contribution in [3.63, 3.8) is 0 Å². The summed E-state index contributed by atoms with van der Waals surface area (Å²) >= 11 is 0. The fourth-order valence-corrected chi connectivity index (χ4v) is 1.73. The molecule has 0 fully saturated rings. The molecule has 0 N–H and O–H groups in total. The minimum atomic E-state index is 0. The van der Waals surface area contributed by atoms with Gasteiger partial charge in [0.1, 0.15) is 0 Å². The number of rotatable bonds is 10. The zero-order valence-electron chi connectivity index (χ0n) is 12.3. The summed E-state index contributed by atoms with van der Waals surface area (Å²) in [7, 11) is 6.70. The number of unbranched alkanes of at least 4 members (excludes halogenated alkanes) is 7. The van der Waals surface area contributed by atoms with E-state index in [1.54, 1.807) is 0 Å². The molecule has 104 valence electrons. The average molecular weight is 306 g/mol. The molecular formula is C15H32BrN. The monoisotopic (exact) mass is 305 g/mol. The smallest absolute Gasteiger partial charge is 0.0967 e. The highest BCUT2D eigenvalue weighted by Gasteiger charge is 2.00. The molecule has 0 aliphatic heterocycles. The second kappa shape index (κ2) is 12.6. The van der Waals surface area contributed by atoms with Crippen LogP contribution in [0.25, 0.3) is 0 Å². The molecule has 0 aromatic rings. The minimum Gasteiger partial charge on any atom is -1.00 e. The average Bonchev–Trinajstić information content (AvgIpc) is 2.19. The van der Waals surface area contributed by atoms with E-state index in [1.165, 1.54) is 51.4 Å². The summed E-state index contributed by atoms with van der Waals surface area (Å²) in [5, 5.41) is 0. The highest BCUT2D eigenvalue weighted by atomic mass is 79.9. The molecule has 0 aliphatic carbocycles. The third kappa shape index (κ3) is 18.7. The van der Waals surface area contributed by atoms with Gasteiger partial charge in [-0.1, -0.05) is 51.5 Å². The lowest BCUT2D eigenvalue weighted by Crippen LogP contribution is -3.00. The first-order valence-electron chi connectivity index (χ1n) is 7.01. The van der Waals surface area contributed by atoms with Crippen molar-refractivity contribution in [1.29, 1.82) is 0 Å². The van der Waals surface area contributed by atoms with Crippen LogP contribution in [0.2, 0.25) is 0 Å². The first kappa shape index (κ1) is 19.5. The van der Waals surface area contributed by atoms with Crippen molar-refractivity contribution < 1.29 is 21.5 Å². The van der Waals surface area contributed by atoms with Crippen molar-refractivity contribution in [2.75, 3.05) is 27.7 Å². The number of allylic oxidation sites excluding steroid dienone is 1. The number of nitrogens with zero attached hydrogens (tertiary/aromatic N) is 1. The van der Waals surface area contributed by atoms with E-state index in [-0.39, 0.29) is 17.0 Å². The molecule has 1 nitrogen and oxygen atoms in total. The van der Waals surface area contributed by atoms with Gasteiger partial charge in [-0.25, -0.2) is 0 Å². The van der Waals surface area contributed by atoms with Gasteiger partial charge in [0.25, 0.3) is 0 Å². The van der Waals surface area contributed by atoms with E-state index >= 15 is 0 Å². The van der Waals surface area contributed by atoms with E-state index in [4.69, 9.17) is 0 Å². The Labute approximate surface area is 120 Å². The van der Waals surface area contributed by atoms with Gasteiger partial charge >= 0.3 is 0 Å². The summed E-state index contributed by atoms with van der Waals surface area (Å²) in [4.78, 5) is 0. The normalized spacial score (nSPS) is 11.8. The van der Waals surface area contributed by atoms with Crippen molar-refractivity contribution in [2.24, 2.45) is 0 Å². The fourth-order valence-electron chi connectivity index (χ4n) is 1.73. The van der Waals surface area contributed by atoms with Crippen LogP contribution in [0.1, 0.15) is 58.3 Å². The molecule has 0 spiro atoms. The zero-order chi connectivity index (χ0) is 12.3. The topological polar surface area (TPSA) is 0 Å². The third-order valence-corrected chi connectivity index (χ3v) is 2.79. The Hall–Kier alpha value is 0.180. The van der Waals surface area contributed by atoms with Crippen LogP contribution in [-0.2, 0) is 0 Å². The number of likely N-dealkylation sites (N-methyl/N-ethyl adjacent to an activating group) is 1. The van der Waals surface area contributed by atoms with Crippen LogP contribution in [0, 0.1) is 0 Å². The Morgan fingerprint density at radius 3 is 1.82 bits per heavy atom. The van der Waals surface area contributed by atoms with E-state index in [9.17, 15) is 0 Å². The van der Waals surface area contributed by atoms with Crippen LogP contribution in [0.15, 0.2) is 12.2 Å². The number of hydrogen-bond acceptors (Lipinski definition) is 0. The van der Waals surface area contributed by atoms with Gasteiger partial charge in [0, 0.05) is 0 Å². The van der Waals surface area contributed by atoms with Gasteiger partial charge in [-0.05, 0) is 18.9 Å². The maximum Gasteiger partial charge on any atom is 0.0967 e. The highest BCUT2D eigenvalue weighted by molar-refractivity contribution is 4.81. The molecule has 17 heavy (non-hydrogen) atoms. The Balaban J connectivity index is 0. The van der Waals surface area contributed by atoms with Crippen molar-refractivity contribution in [1.82, 2.24) is 0 Å². The second-order valence-electron chi connectivity index (χ2n) is 5.85. The van der Waals surface area contributed by atoms with Crippen LogP contribution >= 0.6 is 0 Å². The molecule has 0 atom stereocenters. The minimum absolute atomic E-state index is 0. The first-order valence-corrected chi connectivity index (χ1v) is 7.01. The van der Waals surface area contributed by atoms with Crippen molar-refractivity contribution in [3.05, 3.63) is 12.2 Å². The molecular weight excluding hydrogens is 274 g/mol. The Kier molecular flexibility index (Phi) is 14.5. The lowest BCUT2D eigenvalue weighted by Gasteiger charge is -2.21. The van der Waals surface area contributed by atoms with E-state index in [0.717, 1.165) is 11.0 Å². The summed E-state index contributed by atoms with van der Waals surface area (Å²) in [6, 6.07) is 0. The number of hydrogen-bond donors (Lipinski definition) is 0. The summed E-state index contributed by atoms with van der Waals surface area (Å²) in [6.45, 7) is 3.43. The molecule has 0 rings (SSSR count). The zero-order valence-corrected chi connectivity index (χ0v) is 13.9. The molecule has 0 bridgehead atoms. The molecule has 2 heteroatoms. The lowest BCUT2D eigenvalue weighted by atomic mass is 10.1. The van der Waals surface area contributed by atoms with Gasteiger partial charge in [-0.15, -0.1) is 0 Å². The molecule has 0 unspecified atom stereocenters. The van der Waals surface area contributed by atoms with Gasteiger partial charge in [-0.3, -0.25) is 0 Å². The Morgan fingerprint density at radius 1 is 0.765 bits per heavy atom. The largest absolute Gasteiger partial charge is 1.00 e. The standard InChI is InChI=1S/C15H32N.BrH/c1-5-6-7-8-9-10-11-12-13-14-15-16(2,3)4;/h13-14H,5-12,15H2,1-4H3;1H/q+1;/p-1. The maximum atomic E-state index is 2.36. The van der Waals surface area contributed by atoms with Crippen LogP contribution in [-0.4, -0.2) is 32.2 Å². The van der Waals surface area contributed by atoms with Crippen molar-refractivity contribution >= 4 is 0 Å². The molecule has 0 heterocycles. The third-order valence-electron chi connectivity index (χ3n) is 2.79. The second-order valence-corrected chi connectivity index (χ2v) is 5.85. The molecule has 0 aromatic carbocycles. The Morgan fingerprint density at radius 2 is 1.29 bits per heavy atom. The van der Waals surface area contributed by atoms with Crippen molar-refractivity contribution in [3.8, 4) is 0 Å². The van der Waals surface area contributed by atoms with E-state index in [2.05, 4.69) is 40.2 Å². The van der Waals surface area contributed by atoms with Gasteiger partial charge in [0.2, 0.25) is 0 Å². The highest BCUT2D eigenvalue weighted by Crippen LogP contribution is 2.08. The summed E-state index contributed by atoms with van der Waals surface area (Å²) in [6.07, 6.45) is 15.8.